The summed E-state index contributed by atoms with van der Waals surface area (Å²) in [5, 5.41) is 3.83. The molecule has 1 aliphatic heterocycles. The van der Waals surface area contributed by atoms with Crippen molar-refractivity contribution in [3.05, 3.63) is 71.3 Å². The minimum Gasteiger partial charge on any atom is -0.469 e. The molecule has 1 saturated heterocycles. The Morgan fingerprint density at radius 3 is 2.47 bits per heavy atom. The van der Waals surface area contributed by atoms with E-state index in [1.807, 2.05) is 54.6 Å². The van der Waals surface area contributed by atoms with Gasteiger partial charge in [-0.2, -0.15) is 0 Å². The van der Waals surface area contributed by atoms with Crippen LogP contribution in [0.5, 0.6) is 0 Å². The van der Waals surface area contributed by atoms with Crippen molar-refractivity contribution in [3.8, 4) is 0 Å². The van der Waals surface area contributed by atoms with Crippen molar-refractivity contribution in [1.82, 2.24) is 4.90 Å². The van der Waals surface area contributed by atoms with Crippen LogP contribution in [0.25, 0.3) is 0 Å². The molecule has 1 unspecified atom stereocenters. The van der Waals surface area contributed by atoms with Crippen LogP contribution in [0, 0.1) is 5.92 Å². The molecule has 0 amide bonds. The summed E-state index contributed by atoms with van der Waals surface area (Å²) in [5.41, 5.74) is 8.08. The maximum Gasteiger partial charge on any atom is 0.335 e. The predicted octanol–water partition coefficient (Wildman–Crippen LogP) is 3.32. The Bertz CT molecular complexity index is 1110. The summed E-state index contributed by atoms with van der Waals surface area (Å²) in [7, 11) is 1.41. The van der Waals surface area contributed by atoms with Crippen LogP contribution < -0.4 is 5.73 Å². The molecule has 1 saturated carbocycles. The van der Waals surface area contributed by atoms with Crippen molar-refractivity contribution in [1.29, 1.82) is 0 Å². The van der Waals surface area contributed by atoms with Crippen LogP contribution in [0.1, 0.15) is 55.2 Å². The van der Waals surface area contributed by atoms with E-state index in [9.17, 15) is 14.4 Å². The fourth-order valence-electron chi connectivity index (χ4n) is 5.13. The Kier molecular flexibility index (Phi) is 8.15. The van der Waals surface area contributed by atoms with E-state index in [1.165, 1.54) is 7.11 Å². The largest absolute Gasteiger partial charge is 0.469 e. The van der Waals surface area contributed by atoms with Crippen molar-refractivity contribution in [2.45, 2.75) is 50.5 Å². The number of Topliss-reactive ketones (excluding diaryl/α,β-unsaturated/α-hetero) is 1. The molecule has 190 valence electrons. The third kappa shape index (κ3) is 5.82. The third-order valence-electron chi connectivity index (χ3n) is 7.27. The van der Waals surface area contributed by atoms with Gasteiger partial charge in [-0.15, -0.1) is 0 Å². The molecule has 1 atom stereocenters. The molecular weight excluding hydrogens is 458 g/mol. The first-order valence-electron chi connectivity index (χ1n) is 12.4. The number of nitrogens with two attached hydrogens (primary N) is 1. The lowest BCUT2D eigenvalue weighted by Gasteiger charge is -2.37. The fourth-order valence-corrected chi connectivity index (χ4v) is 5.13. The standard InChI is InChI=1S/C28H33N3O5/c1-35-27(34)22-18-31(19-22)17-20-10-12-21(13-11-20)26(29)30-36-25(33)14-16-28(15-6-5-9-24(28)32)23-7-3-2-4-8-23/h2-4,7-8,10-13,22H,5-6,9,14-19H2,1H3,(H2,29,30). The maximum atomic E-state index is 12.9. The van der Waals surface area contributed by atoms with Gasteiger partial charge in [0.15, 0.2) is 5.84 Å². The Morgan fingerprint density at radius 1 is 1.08 bits per heavy atom. The number of methoxy groups -OCH3 is 1. The van der Waals surface area contributed by atoms with Gasteiger partial charge in [-0.1, -0.05) is 66.2 Å². The normalized spacial score (nSPS) is 21.0. The highest BCUT2D eigenvalue weighted by molar-refractivity contribution is 5.97. The van der Waals surface area contributed by atoms with Gasteiger partial charge in [0.25, 0.3) is 0 Å². The molecule has 2 aromatic carbocycles. The maximum absolute atomic E-state index is 12.9. The molecule has 2 aliphatic rings. The average molecular weight is 492 g/mol. The van der Waals surface area contributed by atoms with Crippen molar-refractivity contribution in [3.63, 3.8) is 0 Å². The van der Waals surface area contributed by atoms with E-state index in [2.05, 4.69) is 10.1 Å². The zero-order chi connectivity index (χ0) is 25.5. The van der Waals surface area contributed by atoms with Gasteiger partial charge in [0.1, 0.15) is 5.78 Å². The molecule has 1 aliphatic carbocycles. The number of carbonyl (C=O) groups is 3. The number of carbonyl (C=O) groups excluding carboxylic acids is 3. The topological polar surface area (TPSA) is 111 Å². The lowest BCUT2D eigenvalue weighted by Crippen LogP contribution is -2.49. The van der Waals surface area contributed by atoms with Crippen molar-refractivity contribution >= 4 is 23.6 Å². The molecule has 36 heavy (non-hydrogen) atoms. The first kappa shape index (κ1) is 25.6. The van der Waals surface area contributed by atoms with Crippen LogP contribution in [-0.2, 0) is 35.9 Å². The van der Waals surface area contributed by atoms with Gasteiger partial charge in [0.2, 0.25) is 0 Å². The van der Waals surface area contributed by atoms with E-state index in [0.717, 1.165) is 36.9 Å². The molecule has 4 rings (SSSR count). The minimum atomic E-state index is -0.642. The molecule has 0 bridgehead atoms. The monoisotopic (exact) mass is 491 g/mol. The second-order valence-corrected chi connectivity index (χ2v) is 9.63. The highest BCUT2D eigenvalue weighted by Crippen LogP contribution is 2.40. The summed E-state index contributed by atoms with van der Waals surface area (Å²) in [6.07, 6.45) is 3.60. The lowest BCUT2D eigenvalue weighted by molar-refractivity contribution is -0.151. The molecule has 0 spiro atoms. The Balaban J connectivity index is 1.29. The SMILES string of the molecule is COC(=O)C1CN(Cc2ccc(/C(N)=N/OC(=O)CCC3(c4ccccc4)CCCCC3=O)cc2)C1. The second-order valence-electron chi connectivity index (χ2n) is 9.63. The van der Waals surface area contributed by atoms with Gasteiger partial charge >= 0.3 is 11.9 Å². The summed E-state index contributed by atoms with van der Waals surface area (Å²) < 4.78 is 4.77. The van der Waals surface area contributed by atoms with E-state index < -0.39 is 11.4 Å². The lowest BCUT2D eigenvalue weighted by atomic mass is 9.66. The van der Waals surface area contributed by atoms with Crippen LogP contribution in [0.3, 0.4) is 0 Å². The highest BCUT2D eigenvalue weighted by atomic mass is 16.7. The van der Waals surface area contributed by atoms with Crippen LogP contribution in [0.15, 0.2) is 59.8 Å². The van der Waals surface area contributed by atoms with Crippen LogP contribution in [0.4, 0.5) is 0 Å². The number of ether oxygens (including phenoxy) is 1. The van der Waals surface area contributed by atoms with Gasteiger partial charge in [0.05, 0.1) is 18.4 Å². The molecule has 1 heterocycles. The first-order chi connectivity index (χ1) is 17.4. The average Bonchev–Trinajstić information content (AvgIpc) is 2.89. The van der Waals surface area contributed by atoms with Gasteiger partial charge in [-0.05, 0) is 30.4 Å². The third-order valence-corrected chi connectivity index (χ3v) is 7.27. The number of hydrogen-bond acceptors (Lipinski definition) is 7. The van der Waals surface area contributed by atoms with E-state index in [-0.39, 0.29) is 29.9 Å². The van der Waals surface area contributed by atoms with E-state index in [0.29, 0.717) is 31.5 Å². The van der Waals surface area contributed by atoms with Gasteiger partial charge in [-0.25, -0.2) is 4.79 Å². The summed E-state index contributed by atoms with van der Waals surface area (Å²) >= 11 is 0. The molecule has 0 radical (unpaired) electrons. The van der Waals surface area contributed by atoms with Crippen molar-refractivity contribution in [2.24, 2.45) is 16.8 Å². The number of esters is 1. The Labute approximate surface area is 211 Å². The molecule has 2 aromatic rings. The smallest absolute Gasteiger partial charge is 0.335 e. The highest BCUT2D eigenvalue weighted by Gasteiger charge is 2.41. The molecular formula is C28H33N3O5. The number of amidine groups is 1. The quantitative estimate of drug-likeness (QED) is 0.188. The molecule has 2 fully saturated rings. The van der Waals surface area contributed by atoms with Gasteiger partial charge < -0.3 is 15.3 Å². The number of benzene rings is 2. The zero-order valence-electron chi connectivity index (χ0n) is 20.7. The van der Waals surface area contributed by atoms with Gasteiger partial charge in [-0.3, -0.25) is 14.5 Å². The van der Waals surface area contributed by atoms with Crippen molar-refractivity contribution in [2.75, 3.05) is 20.2 Å². The molecule has 2 N–H and O–H groups in total. The van der Waals surface area contributed by atoms with Crippen LogP contribution in [-0.4, -0.2) is 48.7 Å². The Morgan fingerprint density at radius 2 is 1.81 bits per heavy atom. The summed E-state index contributed by atoms with van der Waals surface area (Å²) in [6, 6.07) is 17.2. The van der Waals surface area contributed by atoms with Crippen molar-refractivity contribution < 1.29 is 24.0 Å². The first-order valence-corrected chi connectivity index (χ1v) is 12.4. The zero-order valence-corrected chi connectivity index (χ0v) is 20.7. The number of likely N-dealkylation sites (tertiary alicyclic amines) is 1. The Hall–Kier alpha value is -3.52. The number of oxime groups is 1. The number of hydrogen-bond donors (Lipinski definition) is 1. The summed E-state index contributed by atoms with van der Waals surface area (Å²) in [6.45, 7) is 2.10. The fraction of sp³-hybridized carbons (Fsp3) is 0.429. The number of ketones is 1. The number of rotatable bonds is 9. The predicted molar refractivity (Wildman–Crippen MR) is 135 cm³/mol. The second kappa shape index (κ2) is 11.5. The molecule has 0 aromatic heterocycles. The van der Waals surface area contributed by atoms with E-state index >= 15 is 0 Å². The van der Waals surface area contributed by atoms with Gasteiger partial charge in [0, 0.05) is 38.0 Å². The summed E-state index contributed by atoms with van der Waals surface area (Å²) in [4.78, 5) is 44.2. The van der Waals surface area contributed by atoms with E-state index in [1.54, 1.807) is 0 Å². The minimum absolute atomic E-state index is 0.0504. The number of nitrogens with zero attached hydrogens (tertiary/aromatic N) is 2. The van der Waals surface area contributed by atoms with E-state index in [4.69, 9.17) is 15.3 Å². The molecule has 8 nitrogen and oxygen atoms in total. The van der Waals surface area contributed by atoms with Crippen LogP contribution >= 0.6 is 0 Å². The summed E-state index contributed by atoms with van der Waals surface area (Å²) in [5.74, 6) is -0.432. The van der Waals surface area contributed by atoms with Crippen LogP contribution in [0.2, 0.25) is 0 Å². The molecule has 8 heteroatoms.